The van der Waals surface area contributed by atoms with Crippen molar-refractivity contribution in [1.29, 1.82) is 0 Å². The third kappa shape index (κ3) is 4.81. The second-order valence-corrected chi connectivity index (χ2v) is 5.19. The maximum absolute atomic E-state index is 4.28. The van der Waals surface area contributed by atoms with E-state index < -0.39 is 0 Å². The van der Waals surface area contributed by atoms with Crippen LogP contribution in [-0.4, -0.2) is 9.97 Å². The van der Waals surface area contributed by atoms with Gasteiger partial charge in [-0.15, -0.1) is 0 Å². The van der Waals surface area contributed by atoms with Crippen molar-refractivity contribution in [1.82, 2.24) is 9.97 Å². The Morgan fingerprint density at radius 2 is 1.45 bits per heavy atom. The number of benzene rings is 1. The zero-order valence-corrected chi connectivity index (χ0v) is 13.5. The van der Waals surface area contributed by atoms with Crippen LogP contribution < -0.4 is 0 Å². The van der Waals surface area contributed by atoms with E-state index in [4.69, 9.17) is 0 Å². The van der Waals surface area contributed by atoms with Gasteiger partial charge in [0.2, 0.25) is 0 Å². The molecule has 1 aromatic carbocycles. The van der Waals surface area contributed by atoms with E-state index in [0.29, 0.717) is 0 Å². The lowest BCUT2D eigenvalue weighted by Gasteiger charge is -1.99. The van der Waals surface area contributed by atoms with Crippen molar-refractivity contribution in [3.63, 3.8) is 0 Å². The highest BCUT2D eigenvalue weighted by molar-refractivity contribution is 5.58. The van der Waals surface area contributed by atoms with Gasteiger partial charge in [-0.3, -0.25) is 9.97 Å². The van der Waals surface area contributed by atoms with Crippen molar-refractivity contribution >= 4 is 0 Å². The largest absolute Gasteiger partial charge is 0.258 e. The number of hydrogen-bond donors (Lipinski definition) is 0. The summed E-state index contributed by atoms with van der Waals surface area (Å²) >= 11 is 0. The number of hydrogen-bond acceptors (Lipinski definition) is 2. The molecule has 2 heteroatoms. The highest BCUT2D eigenvalue weighted by Gasteiger charge is 1.94. The van der Waals surface area contributed by atoms with Crippen LogP contribution in [0.2, 0.25) is 0 Å². The standard InChI is InChI=1S/C11H9N.C9H13N/c1-2-6-10(7-3-1)11-8-4-5-9-12-11;1-4-9-5-7(2)10-8(3)6-9/h1-9H;5-6H,4H2,1-3H3. The molecule has 0 amide bonds. The molecule has 0 unspecified atom stereocenters. The molecule has 0 radical (unpaired) electrons. The van der Waals surface area contributed by atoms with Gasteiger partial charge in [-0.05, 0) is 50.1 Å². The Balaban J connectivity index is 0.000000164. The smallest absolute Gasteiger partial charge is 0.0701 e. The van der Waals surface area contributed by atoms with Gasteiger partial charge in [-0.1, -0.05) is 43.3 Å². The Morgan fingerprint density at radius 1 is 0.818 bits per heavy atom. The van der Waals surface area contributed by atoms with Crippen LogP contribution in [0.25, 0.3) is 11.3 Å². The fraction of sp³-hybridized carbons (Fsp3) is 0.200. The summed E-state index contributed by atoms with van der Waals surface area (Å²) in [6, 6.07) is 20.3. The maximum atomic E-state index is 4.28. The highest BCUT2D eigenvalue weighted by atomic mass is 14.7. The molecule has 0 aliphatic carbocycles. The van der Waals surface area contributed by atoms with Crippen LogP contribution in [0.5, 0.6) is 0 Å². The number of aryl methyl sites for hydroxylation is 3. The predicted molar refractivity (Wildman–Crippen MR) is 92.8 cm³/mol. The van der Waals surface area contributed by atoms with E-state index in [2.05, 4.69) is 41.2 Å². The summed E-state index contributed by atoms with van der Waals surface area (Å²) in [5.74, 6) is 0. The molecule has 3 rings (SSSR count). The van der Waals surface area contributed by atoms with Crippen LogP contribution in [0.15, 0.2) is 66.9 Å². The molecule has 0 bridgehead atoms. The topological polar surface area (TPSA) is 25.8 Å². The molecule has 0 aliphatic heterocycles. The van der Waals surface area contributed by atoms with E-state index in [-0.39, 0.29) is 0 Å². The molecular weight excluding hydrogens is 268 g/mol. The van der Waals surface area contributed by atoms with Gasteiger partial charge in [-0.25, -0.2) is 0 Å². The van der Waals surface area contributed by atoms with Crippen LogP contribution in [0.1, 0.15) is 23.9 Å². The minimum Gasteiger partial charge on any atom is -0.258 e. The first-order chi connectivity index (χ1) is 10.7. The maximum Gasteiger partial charge on any atom is 0.0701 e. The second kappa shape index (κ2) is 8.08. The molecule has 0 saturated carbocycles. The van der Waals surface area contributed by atoms with Crippen LogP contribution >= 0.6 is 0 Å². The minimum absolute atomic E-state index is 1.03. The first-order valence-corrected chi connectivity index (χ1v) is 7.59. The van der Waals surface area contributed by atoms with Gasteiger partial charge in [0.15, 0.2) is 0 Å². The lowest BCUT2D eigenvalue weighted by molar-refractivity contribution is 1.05. The van der Waals surface area contributed by atoms with Crippen molar-refractivity contribution in [2.75, 3.05) is 0 Å². The van der Waals surface area contributed by atoms with E-state index in [1.807, 2.05) is 56.4 Å². The minimum atomic E-state index is 1.03. The molecule has 22 heavy (non-hydrogen) atoms. The summed E-state index contributed by atoms with van der Waals surface area (Å²) in [5.41, 5.74) is 5.81. The normalized spacial score (nSPS) is 9.77. The predicted octanol–water partition coefficient (Wildman–Crippen LogP) is 5.01. The molecule has 0 spiro atoms. The van der Waals surface area contributed by atoms with E-state index >= 15 is 0 Å². The van der Waals surface area contributed by atoms with Gasteiger partial charge >= 0.3 is 0 Å². The van der Waals surface area contributed by atoms with Gasteiger partial charge in [0.05, 0.1) is 5.69 Å². The summed E-state index contributed by atoms with van der Waals surface area (Å²) in [6.07, 6.45) is 2.91. The molecule has 0 aliphatic rings. The Labute approximate surface area is 132 Å². The molecule has 0 N–H and O–H groups in total. The van der Waals surface area contributed by atoms with Gasteiger partial charge < -0.3 is 0 Å². The molecule has 2 nitrogen and oxygen atoms in total. The third-order valence-corrected chi connectivity index (χ3v) is 3.28. The lowest BCUT2D eigenvalue weighted by atomic mass is 10.1. The Bertz CT molecular complexity index is 634. The summed E-state index contributed by atoms with van der Waals surface area (Å²) in [4.78, 5) is 8.53. The Morgan fingerprint density at radius 3 is 2.00 bits per heavy atom. The number of rotatable bonds is 2. The molecule has 2 heterocycles. The fourth-order valence-electron chi connectivity index (χ4n) is 2.27. The number of pyridine rings is 2. The first kappa shape index (κ1) is 15.9. The quantitative estimate of drug-likeness (QED) is 0.663. The lowest BCUT2D eigenvalue weighted by Crippen LogP contribution is -1.89. The molecule has 0 atom stereocenters. The zero-order valence-electron chi connectivity index (χ0n) is 13.5. The average Bonchev–Trinajstić information content (AvgIpc) is 2.56. The van der Waals surface area contributed by atoms with Crippen molar-refractivity contribution in [3.05, 3.63) is 83.8 Å². The number of nitrogens with zero attached hydrogens (tertiary/aromatic N) is 2. The van der Waals surface area contributed by atoms with Crippen LogP contribution in [-0.2, 0) is 6.42 Å². The van der Waals surface area contributed by atoms with Gasteiger partial charge in [0.1, 0.15) is 0 Å². The molecule has 2 aromatic heterocycles. The van der Waals surface area contributed by atoms with E-state index in [9.17, 15) is 0 Å². The zero-order chi connectivity index (χ0) is 15.8. The van der Waals surface area contributed by atoms with E-state index in [1.54, 1.807) is 0 Å². The second-order valence-electron chi connectivity index (χ2n) is 5.19. The average molecular weight is 290 g/mol. The first-order valence-electron chi connectivity index (χ1n) is 7.59. The fourth-order valence-corrected chi connectivity index (χ4v) is 2.27. The molecule has 112 valence electrons. The van der Waals surface area contributed by atoms with E-state index in [0.717, 1.165) is 29.1 Å². The SMILES string of the molecule is CCc1cc(C)nc(C)c1.c1ccc(-c2ccccn2)cc1. The van der Waals surface area contributed by atoms with E-state index in [1.165, 1.54) is 5.56 Å². The molecule has 0 fully saturated rings. The Hall–Kier alpha value is -2.48. The van der Waals surface area contributed by atoms with Crippen LogP contribution in [0.4, 0.5) is 0 Å². The van der Waals surface area contributed by atoms with Crippen molar-refractivity contribution in [3.8, 4) is 11.3 Å². The van der Waals surface area contributed by atoms with Crippen molar-refractivity contribution in [2.45, 2.75) is 27.2 Å². The monoisotopic (exact) mass is 290 g/mol. The third-order valence-electron chi connectivity index (χ3n) is 3.28. The molecular formula is C20H22N2. The van der Waals surface area contributed by atoms with Gasteiger partial charge in [-0.2, -0.15) is 0 Å². The Kier molecular flexibility index (Phi) is 5.84. The summed E-state index contributed by atoms with van der Waals surface area (Å²) < 4.78 is 0. The highest BCUT2D eigenvalue weighted by Crippen LogP contribution is 2.14. The van der Waals surface area contributed by atoms with Crippen LogP contribution in [0, 0.1) is 13.8 Å². The van der Waals surface area contributed by atoms with Gasteiger partial charge in [0.25, 0.3) is 0 Å². The van der Waals surface area contributed by atoms with Gasteiger partial charge in [0, 0.05) is 23.1 Å². The van der Waals surface area contributed by atoms with Crippen molar-refractivity contribution < 1.29 is 0 Å². The molecule has 0 saturated heterocycles. The van der Waals surface area contributed by atoms with Crippen LogP contribution in [0.3, 0.4) is 0 Å². The summed E-state index contributed by atoms with van der Waals surface area (Å²) in [7, 11) is 0. The summed E-state index contributed by atoms with van der Waals surface area (Å²) in [6.45, 7) is 6.23. The molecule has 3 aromatic rings. The van der Waals surface area contributed by atoms with Crippen molar-refractivity contribution in [2.24, 2.45) is 0 Å². The summed E-state index contributed by atoms with van der Waals surface area (Å²) in [5, 5.41) is 0. The number of aromatic nitrogens is 2.